The number of hydrogen-bond donors (Lipinski definition) is 2. The lowest BCUT2D eigenvalue weighted by Crippen LogP contribution is -2.25. The van der Waals surface area contributed by atoms with Gasteiger partial charge in [-0.3, -0.25) is 4.79 Å². The molecule has 1 aliphatic carbocycles. The lowest BCUT2D eigenvalue weighted by molar-refractivity contribution is -0.120. The number of nitrogens with two attached hydrogens (primary N) is 1. The number of anilines is 1. The fraction of sp³-hybridized carbons (Fsp3) is 0.417. The molecule has 1 saturated carbocycles. The monoisotopic (exact) mass is 270 g/mol. The Morgan fingerprint density at radius 1 is 1.53 bits per heavy atom. The van der Waals surface area contributed by atoms with Gasteiger partial charge < -0.3 is 11.1 Å². The van der Waals surface area contributed by atoms with E-state index < -0.39 is 0 Å². The Bertz CT molecular complexity index is 421. The topological polar surface area (TPSA) is 55.1 Å². The molecule has 17 heavy (non-hydrogen) atoms. The summed E-state index contributed by atoms with van der Waals surface area (Å²) in [7, 11) is 0. The summed E-state index contributed by atoms with van der Waals surface area (Å²) in [6, 6.07) is 5.82. The summed E-state index contributed by atoms with van der Waals surface area (Å²) in [5.74, 6) is 0.849. The molecule has 1 aromatic rings. The summed E-state index contributed by atoms with van der Waals surface area (Å²) in [6.07, 6.45) is 2.77. The van der Waals surface area contributed by atoms with Crippen molar-refractivity contribution in [1.29, 1.82) is 0 Å². The van der Waals surface area contributed by atoms with Gasteiger partial charge in [-0.05, 0) is 31.0 Å². The van der Waals surface area contributed by atoms with Crippen LogP contribution in [0.15, 0.2) is 23.1 Å². The summed E-state index contributed by atoms with van der Waals surface area (Å²) in [5.41, 5.74) is 6.38. The van der Waals surface area contributed by atoms with Crippen LogP contribution in [0.25, 0.3) is 0 Å². The van der Waals surface area contributed by atoms with E-state index in [2.05, 4.69) is 5.32 Å². The van der Waals surface area contributed by atoms with Gasteiger partial charge in [0, 0.05) is 28.8 Å². The quantitative estimate of drug-likeness (QED) is 0.639. The van der Waals surface area contributed by atoms with Crippen LogP contribution in [-0.2, 0) is 4.79 Å². The van der Waals surface area contributed by atoms with Crippen molar-refractivity contribution in [2.24, 2.45) is 0 Å². The van der Waals surface area contributed by atoms with Crippen molar-refractivity contribution in [3.8, 4) is 0 Å². The molecule has 0 bridgehead atoms. The zero-order chi connectivity index (χ0) is 12.3. The Labute approximate surface area is 110 Å². The molecule has 1 aromatic carbocycles. The van der Waals surface area contributed by atoms with Gasteiger partial charge in [-0.1, -0.05) is 11.6 Å². The number of halogens is 1. The SMILES string of the molecule is Nc1ccc(Cl)c(SCCC(=O)NC2CC2)c1. The van der Waals surface area contributed by atoms with Crippen molar-refractivity contribution in [2.75, 3.05) is 11.5 Å². The number of benzene rings is 1. The van der Waals surface area contributed by atoms with Crippen LogP contribution in [0.4, 0.5) is 5.69 Å². The summed E-state index contributed by atoms with van der Waals surface area (Å²) in [5, 5.41) is 3.64. The van der Waals surface area contributed by atoms with E-state index >= 15 is 0 Å². The van der Waals surface area contributed by atoms with Crippen LogP contribution in [-0.4, -0.2) is 17.7 Å². The van der Waals surface area contributed by atoms with Gasteiger partial charge in [-0.25, -0.2) is 0 Å². The highest BCUT2D eigenvalue weighted by Crippen LogP contribution is 2.29. The van der Waals surface area contributed by atoms with Gasteiger partial charge in [0.2, 0.25) is 5.91 Å². The van der Waals surface area contributed by atoms with Crippen molar-refractivity contribution in [3.63, 3.8) is 0 Å². The van der Waals surface area contributed by atoms with Crippen LogP contribution in [0.5, 0.6) is 0 Å². The van der Waals surface area contributed by atoms with Crippen LogP contribution in [0, 0.1) is 0 Å². The minimum Gasteiger partial charge on any atom is -0.399 e. The fourth-order valence-corrected chi connectivity index (χ4v) is 2.63. The highest BCUT2D eigenvalue weighted by atomic mass is 35.5. The number of carbonyl (C=O) groups excluding carboxylic acids is 1. The van der Waals surface area contributed by atoms with Gasteiger partial charge in [0.25, 0.3) is 0 Å². The molecule has 1 aliphatic rings. The molecule has 0 atom stereocenters. The van der Waals surface area contributed by atoms with Crippen LogP contribution >= 0.6 is 23.4 Å². The predicted octanol–water partition coefficient (Wildman–Crippen LogP) is 2.68. The number of carbonyl (C=O) groups is 1. The second-order valence-corrected chi connectivity index (χ2v) is 5.67. The first-order chi connectivity index (χ1) is 8.15. The fourth-order valence-electron chi connectivity index (χ4n) is 1.41. The lowest BCUT2D eigenvalue weighted by atomic mass is 10.3. The highest BCUT2D eigenvalue weighted by Gasteiger charge is 2.22. The van der Waals surface area contributed by atoms with E-state index in [1.165, 1.54) is 0 Å². The normalized spacial score (nSPS) is 14.6. The van der Waals surface area contributed by atoms with Gasteiger partial charge in [-0.2, -0.15) is 0 Å². The summed E-state index contributed by atoms with van der Waals surface area (Å²) in [4.78, 5) is 12.4. The summed E-state index contributed by atoms with van der Waals surface area (Å²) < 4.78 is 0. The average molecular weight is 271 g/mol. The van der Waals surface area contributed by atoms with Crippen molar-refractivity contribution in [3.05, 3.63) is 23.2 Å². The molecule has 3 nitrogen and oxygen atoms in total. The van der Waals surface area contributed by atoms with E-state index in [0.717, 1.165) is 23.5 Å². The Balaban J connectivity index is 1.76. The maximum Gasteiger partial charge on any atom is 0.221 e. The Morgan fingerprint density at radius 3 is 3.00 bits per heavy atom. The molecule has 0 spiro atoms. The number of nitrogens with one attached hydrogen (secondary N) is 1. The molecular weight excluding hydrogens is 256 g/mol. The Kier molecular flexibility index (Phi) is 4.18. The molecule has 0 aliphatic heterocycles. The molecule has 0 saturated heterocycles. The van der Waals surface area contributed by atoms with Crippen molar-refractivity contribution in [1.82, 2.24) is 5.32 Å². The molecule has 2 rings (SSSR count). The molecule has 1 amide bonds. The highest BCUT2D eigenvalue weighted by molar-refractivity contribution is 7.99. The molecule has 1 fully saturated rings. The third-order valence-corrected chi connectivity index (χ3v) is 3.98. The minimum absolute atomic E-state index is 0.125. The van der Waals surface area contributed by atoms with Gasteiger partial charge in [-0.15, -0.1) is 11.8 Å². The zero-order valence-corrected chi connectivity index (χ0v) is 11.0. The van der Waals surface area contributed by atoms with Crippen LogP contribution in [0.1, 0.15) is 19.3 Å². The Morgan fingerprint density at radius 2 is 2.29 bits per heavy atom. The smallest absolute Gasteiger partial charge is 0.221 e. The molecule has 0 unspecified atom stereocenters. The largest absolute Gasteiger partial charge is 0.399 e. The molecule has 3 N–H and O–H groups in total. The van der Waals surface area contributed by atoms with Crippen LogP contribution < -0.4 is 11.1 Å². The van der Waals surface area contributed by atoms with E-state index in [-0.39, 0.29) is 5.91 Å². The van der Waals surface area contributed by atoms with Gasteiger partial charge in [0.1, 0.15) is 0 Å². The lowest BCUT2D eigenvalue weighted by Gasteiger charge is -2.05. The van der Waals surface area contributed by atoms with E-state index in [1.807, 2.05) is 6.07 Å². The van der Waals surface area contributed by atoms with Gasteiger partial charge >= 0.3 is 0 Å². The first-order valence-electron chi connectivity index (χ1n) is 5.62. The third kappa shape index (κ3) is 4.13. The van der Waals surface area contributed by atoms with Crippen LogP contribution in [0.2, 0.25) is 5.02 Å². The second-order valence-electron chi connectivity index (χ2n) is 4.13. The number of rotatable bonds is 5. The number of nitrogen functional groups attached to an aromatic ring is 1. The van der Waals surface area contributed by atoms with Crippen molar-refractivity contribution < 1.29 is 4.79 Å². The van der Waals surface area contributed by atoms with E-state index in [9.17, 15) is 4.79 Å². The van der Waals surface area contributed by atoms with Crippen molar-refractivity contribution in [2.45, 2.75) is 30.2 Å². The summed E-state index contributed by atoms with van der Waals surface area (Å²) >= 11 is 7.59. The number of amides is 1. The average Bonchev–Trinajstić information content (AvgIpc) is 3.07. The summed E-state index contributed by atoms with van der Waals surface area (Å²) in [6.45, 7) is 0. The molecule has 0 radical (unpaired) electrons. The molecule has 5 heteroatoms. The van der Waals surface area contributed by atoms with E-state index in [0.29, 0.717) is 23.2 Å². The molecular formula is C12H15ClN2OS. The molecule has 0 aromatic heterocycles. The Hall–Kier alpha value is -0.870. The standard InChI is InChI=1S/C12H15ClN2OS/c13-10-4-1-8(14)7-11(10)17-6-5-12(16)15-9-2-3-9/h1,4,7,9H,2-3,5-6,14H2,(H,15,16). The number of hydrogen-bond acceptors (Lipinski definition) is 3. The minimum atomic E-state index is 0.125. The first-order valence-corrected chi connectivity index (χ1v) is 6.98. The van der Waals surface area contributed by atoms with Gasteiger partial charge in [0.15, 0.2) is 0 Å². The molecule has 0 heterocycles. The zero-order valence-electron chi connectivity index (χ0n) is 9.41. The van der Waals surface area contributed by atoms with Crippen molar-refractivity contribution >= 4 is 35.0 Å². The van der Waals surface area contributed by atoms with Crippen LogP contribution in [0.3, 0.4) is 0 Å². The maximum absolute atomic E-state index is 11.5. The second kappa shape index (κ2) is 5.65. The molecule has 92 valence electrons. The van der Waals surface area contributed by atoms with Gasteiger partial charge in [0.05, 0.1) is 5.02 Å². The van der Waals surface area contributed by atoms with E-state index in [1.54, 1.807) is 23.9 Å². The number of thioether (sulfide) groups is 1. The maximum atomic E-state index is 11.5. The predicted molar refractivity (Wildman–Crippen MR) is 72.4 cm³/mol. The third-order valence-electron chi connectivity index (χ3n) is 2.48. The van der Waals surface area contributed by atoms with E-state index in [4.69, 9.17) is 17.3 Å². The first kappa shape index (κ1) is 12.6.